The molecule has 1 atom stereocenters. The largest absolute Gasteiger partial charge is 0.298 e. The lowest BCUT2D eigenvalue weighted by molar-refractivity contribution is -0.127. The summed E-state index contributed by atoms with van der Waals surface area (Å²) >= 11 is 0. The molecule has 0 saturated carbocycles. The van der Waals surface area contributed by atoms with Gasteiger partial charge in [0, 0.05) is 11.5 Å². The number of nitrogens with zero attached hydrogens (tertiary/aromatic N) is 1. The summed E-state index contributed by atoms with van der Waals surface area (Å²) in [6.07, 6.45) is 0. The molecule has 0 bridgehead atoms. The van der Waals surface area contributed by atoms with Gasteiger partial charge in [0.15, 0.2) is 5.78 Å². The molecule has 0 heterocycles. The van der Waals surface area contributed by atoms with E-state index in [1.807, 2.05) is 27.8 Å². The predicted octanol–water partition coefficient (Wildman–Crippen LogP) is 2.33. The maximum absolute atomic E-state index is 11.7. The van der Waals surface area contributed by atoms with Gasteiger partial charge in [0.2, 0.25) is 0 Å². The van der Waals surface area contributed by atoms with Crippen LogP contribution in [0.15, 0.2) is 0 Å². The first-order valence-electron chi connectivity index (χ1n) is 4.94. The van der Waals surface area contributed by atoms with Crippen LogP contribution in [0.25, 0.3) is 0 Å². The first kappa shape index (κ1) is 12.6. The average Bonchev–Trinajstić information content (AvgIpc) is 1.98. The quantitative estimate of drug-likeness (QED) is 0.672. The van der Waals surface area contributed by atoms with Crippen molar-refractivity contribution >= 4 is 5.78 Å². The topological polar surface area (TPSA) is 20.3 Å². The van der Waals surface area contributed by atoms with E-state index in [2.05, 4.69) is 25.7 Å². The smallest absolute Gasteiger partial charge is 0.152 e. The lowest BCUT2D eigenvalue weighted by atomic mass is 9.97. The van der Waals surface area contributed by atoms with Gasteiger partial charge in [-0.2, -0.15) is 0 Å². The zero-order chi connectivity index (χ0) is 10.8. The van der Waals surface area contributed by atoms with Crippen LogP contribution in [0, 0.1) is 5.92 Å². The molecule has 0 aliphatic carbocycles. The maximum Gasteiger partial charge on any atom is 0.152 e. The Bertz CT molecular complexity index is 179. The van der Waals surface area contributed by atoms with Crippen molar-refractivity contribution in [2.45, 2.75) is 53.1 Å². The summed E-state index contributed by atoms with van der Waals surface area (Å²) in [6, 6.07) is 0.0139. The highest BCUT2D eigenvalue weighted by molar-refractivity contribution is 5.85. The Balaban J connectivity index is 4.43. The number of rotatable bonds is 3. The van der Waals surface area contributed by atoms with Gasteiger partial charge < -0.3 is 0 Å². The number of Topliss-reactive ketones (excluding diaryl/α,β-unsaturated/α-hetero) is 1. The summed E-state index contributed by atoms with van der Waals surface area (Å²) in [5.41, 5.74) is 0.0595. The molecule has 0 amide bonds. The van der Waals surface area contributed by atoms with Gasteiger partial charge in [-0.1, -0.05) is 13.8 Å². The molecule has 0 unspecified atom stereocenters. The molecule has 2 nitrogen and oxygen atoms in total. The summed E-state index contributed by atoms with van der Waals surface area (Å²) in [7, 11) is 2.00. The Morgan fingerprint density at radius 3 is 1.77 bits per heavy atom. The van der Waals surface area contributed by atoms with Crippen LogP contribution in [0.1, 0.15) is 41.5 Å². The number of ketones is 1. The Labute approximate surface area is 82.3 Å². The van der Waals surface area contributed by atoms with Crippen molar-refractivity contribution in [1.29, 1.82) is 0 Å². The highest BCUT2D eigenvalue weighted by Crippen LogP contribution is 2.16. The van der Waals surface area contributed by atoms with Crippen LogP contribution in [0.2, 0.25) is 0 Å². The molecule has 0 fully saturated rings. The van der Waals surface area contributed by atoms with E-state index in [4.69, 9.17) is 0 Å². The summed E-state index contributed by atoms with van der Waals surface area (Å²) in [4.78, 5) is 13.8. The maximum atomic E-state index is 11.7. The van der Waals surface area contributed by atoms with Crippen molar-refractivity contribution in [1.82, 2.24) is 4.90 Å². The average molecular weight is 185 g/mol. The molecule has 13 heavy (non-hydrogen) atoms. The predicted molar refractivity (Wildman–Crippen MR) is 56.8 cm³/mol. The normalized spacial score (nSPS) is 15.2. The summed E-state index contributed by atoms with van der Waals surface area (Å²) in [5, 5.41) is 0. The summed E-state index contributed by atoms with van der Waals surface area (Å²) in [5.74, 6) is 0.442. The minimum atomic E-state index is 0.0139. The number of hydrogen-bond donors (Lipinski definition) is 0. The van der Waals surface area contributed by atoms with Crippen molar-refractivity contribution in [3.63, 3.8) is 0 Å². The lowest BCUT2D eigenvalue weighted by Gasteiger charge is -2.36. The molecular weight excluding hydrogens is 162 g/mol. The molecule has 0 aliphatic rings. The van der Waals surface area contributed by atoms with Crippen LogP contribution in [0.3, 0.4) is 0 Å². The van der Waals surface area contributed by atoms with Crippen LogP contribution in [0.4, 0.5) is 0 Å². The van der Waals surface area contributed by atoms with Gasteiger partial charge in [0.25, 0.3) is 0 Å². The fraction of sp³-hybridized carbons (Fsp3) is 0.909. The van der Waals surface area contributed by atoms with Crippen molar-refractivity contribution < 1.29 is 4.79 Å². The number of carbonyl (C=O) groups excluding carboxylic acids is 1. The number of carbonyl (C=O) groups is 1. The van der Waals surface area contributed by atoms with Gasteiger partial charge >= 0.3 is 0 Å². The molecule has 0 saturated heterocycles. The van der Waals surface area contributed by atoms with Crippen molar-refractivity contribution in [3.05, 3.63) is 0 Å². The van der Waals surface area contributed by atoms with Gasteiger partial charge in [0.1, 0.15) is 0 Å². The van der Waals surface area contributed by atoms with E-state index in [0.717, 1.165) is 0 Å². The Morgan fingerprint density at radius 1 is 1.15 bits per heavy atom. The third-order valence-electron chi connectivity index (χ3n) is 2.62. The highest BCUT2D eigenvalue weighted by atomic mass is 16.1. The van der Waals surface area contributed by atoms with E-state index in [1.165, 1.54) is 0 Å². The Kier molecular flexibility index (Phi) is 4.11. The molecule has 0 aromatic rings. The third-order valence-corrected chi connectivity index (χ3v) is 2.62. The number of likely N-dealkylation sites (N-methyl/N-ethyl adjacent to an activating group) is 1. The lowest BCUT2D eigenvalue weighted by Crippen LogP contribution is -2.48. The van der Waals surface area contributed by atoms with Crippen LogP contribution in [-0.4, -0.2) is 29.3 Å². The van der Waals surface area contributed by atoms with Crippen molar-refractivity contribution in [3.8, 4) is 0 Å². The first-order chi connectivity index (χ1) is 5.68. The second-order valence-electron chi connectivity index (χ2n) is 5.01. The molecule has 0 aliphatic heterocycles. The fourth-order valence-electron chi connectivity index (χ4n) is 1.25. The minimum absolute atomic E-state index is 0.0139. The van der Waals surface area contributed by atoms with Gasteiger partial charge in [-0.15, -0.1) is 0 Å². The van der Waals surface area contributed by atoms with Crippen LogP contribution in [0.5, 0.6) is 0 Å². The standard InChI is InChI=1S/C11H23NO/c1-8(2)10(13)9(3)12(7)11(4,5)6/h8-9H,1-7H3/t9-/m0/s1. The second-order valence-corrected chi connectivity index (χ2v) is 5.01. The molecule has 0 radical (unpaired) electrons. The third kappa shape index (κ3) is 3.47. The molecule has 78 valence electrons. The van der Waals surface area contributed by atoms with Gasteiger partial charge in [0.05, 0.1) is 6.04 Å². The summed E-state index contributed by atoms with van der Waals surface area (Å²) < 4.78 is 0. The molecule has 0 aromatic heterocycles. The molecular formula is C11H23NO. The molecule has 0 aromatic carbocycles. The van der Waals surface area contributed by atoms with Crippen LogP contribution >= 0.6 is 0 Å². The van der Waals surface area contributed by atoms with Gasteiger partial charge in [-0.05, 0) is 34.7 Å². The Hall–Kier alpha value is -0.370. The van der Waals surface area contributed by atoms with E-state index in [9.17, 15) is 4.79 Å². The van der Waals surface area contributed by atoms with Gasteiger partial charge in [-0.3, -0.25) is 9.69 Å². The number of hydrogen-bond acceptors (Lipinski definition) is 2. The van der Waals surface area contributed by atoms with E-state index in [1.54, 1.807) is 0 Å². The summed E-state index contributed by atoms with van der Waals surface area (Å²) in [6.45, 7) is 12.3. The monoisotopic (exact) mass is 185 g/mol. The molecule has 0 N–H and O–H groups in total. The zero-order valence-corrected chi connectivity index (χ0v) is 10.0. The fourth-order valence-corrected chi connectivity index (χ4v) is 1.25. The minimum Gasteiger partial charge on any atom is -0.298 e. The van der Waals surface area contributed by atoms with E-state index >= 15 is 0 Å². The van der Waals surface area contributed by atoms with E-state index in [-0.39, 0.29) is 17.5 Å². The van der Waals surface area contributed by atoms with Gasteiger partial charge in [-0.25, -0.2) is 0 Å². The van der Waals surface area contributed by atoms with Crippen molar-refractivity contribution in [2.75, 3.05) is 7.05 Å². The van der Waals surface area contributed by atoms with E-state index < -0.39 is 0 Å². The molecule has 0 spiro atoms. The van der Waals surface area contributed by atoms with Crippen molar-refractivity contribution in [2.24, 2.45) is 5.92 Å². The SMILES string of the molecule is CC(C)C(=O)[C@H](C)N(C)C(C)(C)C. The van der Waals surface area contributed by atoms with E-state index in [0.29, 0.717) is 5.78 Å². The van der Waals surface area contributed by atoms with Crippen LogP contribution in [-0.2, 0) is 4.79 Å². The molecule has 2 heteroatoms. The Morgan fingerprint density at radius 2 is 1.54 bits per heavy atom. The first-order valence-corrected chi connectivity index (χ1v) is 4.94. The zero-order valence-electron chi connectivity index (χ0n) is 10.0. The molecule has 0 rings (SSSR count). The highest BCUT2D eigenvalue weighted by Gasteiger charge is 2.27. The second kappa shape index (κ2) is 4.23. The van der Waals surface area contributed by atoms with Crippen LogP contribution < -0.4 is 0 Å².